The van der Waals surface area contributed by atoms with E-state index in [2.05, 4.69) is 15.9 Å². The van der Waals surface area contributed by atoms with Crippen molar-refractivity contribution in [1.29, 1.82) is 0 Å². The van der Waals surface area contributed by atoms with Crippen LogP contribution in [-0.4, -0.2) is 5.11 Å². The molecule has 0 spiro atoms. The number of rotatable bonds is 3. The van der Waals surface area contributed by atoms with E-state index in [1.54, 1.807) is 0 Å². The molecule has 0 amide bonds. The maximum Gasteiger partial charge on any atom is 0.0830 e. The van der Waals surface area contributed by atoms with E-state index in [0.29, 0.717) is 6.42 Å². The molecule has 1 unspecified atom stereocenters. The predicted octanol–water partition coefficient (Wildman–Crippen LogP) is 4.03. The Bertz CT molecular complexity index is 491. The molecule has 1 atom stereocenters. The van der Waals surface area contributed by atoms with Crippen molar-refractivity contribution in [1.82, 2.24) is 0 Å². The number of halogens is 1. The van der Waals surface area contributed by atoms with E-state index >= 15 is 0 Å². The van der Waals surface area contributed by atoms with E-state index in [0.717, 1.165) is 15.6 Å². The molecule has 0 aliphatic rings. The molecule has 0 aliphatic heterocycles. The summed E-state index contributed by atoms with van der Waals surface area (Å²) in [6.45, 7) is 2.05. The Balaban J connectivity index is 2.14. The molecule has 88 valence electrons. The smallest absolute Gasteiger partial charge is 0.0830 e. The standard InChI is InChI=1S/C15H15BrO/c1-11-6-8-12(9-7-11)15(17)10-13-4-2-3-5-14(13)16/h2-9,15,17H,10H2,1H3. The molecule has 0 radical (unpaired) electrons. The van der Waals surface area contributed by atoms with Gasteiger partial charge in [-0.15, -0.1) is 0 Å². The lowest BCUT2D eigenvalue weighted by atomic mass is 10.0. The van der Waals surface area contributed by atoms with E-state index in [9.17, 15) is 5.11 Å². The van der Waals surface area contributed by atoms with E-state index in [1.807, 2.05) is 55.5 Å². The highest BCUT2D eigenvalue weighted by molar-refractivity contribution is 9.10. The summed E-state index contributed by atoms with van der Waals surface area (Å²) in [5.74, 6) is 0. The molecule has 2 aromatic carbocycles. The van der Waals surface area contributed by atoms with E-state index in [1.165, 1.54) is 5.56 Å². The molecule has 2 heteroatoms. The Morgan fingerprint density at radius 3 is 2.35 bits per heavy atom. The van der Waals surface area contributed by atoms with Crippen molar-refractivity contribution in [2.24, 2.45) is 0 Å². The second kappa shape index (κ2) is 5.48. The Labute approximate surface area is 110 Å². The molecule has 0 fully saturated rings. The second-order valence-electron chi connectivity index (χ2n) is 4.22. The van der Waals surface area contributed by atoms with Gasteiger partial charge in [0.05, 0.1) is 6.10 Å². The van der Waals surface area contributed by atoms with Gasteiger partial charge in [0.1, 0.15) is 0 Å². The summed E-state index contributed by atoms with van der Waals surface area (Å²) in [4.78, 5) is 0. The quantitative estimate of drug-likeness (QED) is 0.905. The molecule has 0 saturated carbocycles. The van der Waals surface area contributed by atoms with Crippen molar-refractivity contribution in [3.63, 3.8) is 0 Å². The maximum absolute atomic E-state index is 10.2. The summed E-state index contributed by atoms with van der Waals surface area (Å²) in [6, 6.07) is 16.0. The molecular formula is C15H15BrO. The van der Waals surface area contributed by atoms with Gasteiger partial charge in [-0.25, -0.2) is 0 Å². The van der Waals surface area contributed by atoms with Crippen molar-refractivity contribution in [3.8, 4) is 0 Å². The largest absolute Gasteiger partial charge is 0.388 e. The predicted molar refractivity (Wildman–Crippen MR) is 74.0 cm³/mol. The van der Waals surface area contributed by atoms with Gasteiger partial charge in [0.15, 0.2) is 0 Å². The van der Waals surface area contributed by atoms with Crippen LogP contribution in [0.4, 0.5) is 0 Å². The van der Waals surface area contributed by atoms with Crippen LogP contribution in [0.15, 0.2) is 53.0 Å². The average molecular weight is 291 g/mol. The third-order valence-corrected chi connectivity index (χ3v) is 3.61. The normalized spacial score (nSPS) is 12.4. The van der Waals surface area contributed by atoms with Gasteiger partial charge in [0.25, 0.3) is 0 Å². The van der Waals surface area contributed by atoms with Gasteiger partial charge < -0.3 is 5.11 Å². The highest BCUT2D eigenvalue weighted by Gasteiger charge is 2.09. The van der Waals surface area contributed by atoms with Crippen LogP contribution < -0.4 is 0 Å². The second-order valence-corrected chi connectivity index (χ2v) is 5.08. The van der Waals surface area contributed by atoms with E-state index in [-0.39, 0.29) is 0 Å². The number of hydrogen-bond acceptors (Lipinski definition) is 1. The summed E-state index contributed by atoms with van der Waals surface area (Å²) in [5.41, 5.74) is 3.30. The highest BCUT2D eigenvalue weighted by atomic mass is 79.9. The molecule has 0 bridgehead atoms. The van der Waals surface area contributed by atoms with Gasteiger partial charge in [-0.2, -0.15) is 0 Å². The first kappa shape index (κ1) is 12.3. The van der Waals surface area contributed by atoms with Crippen LogP contribution >= 0.6 is 15.9 Å². The third-order valence-electron chi connectivity index (χ3n) is 2.83. The van der Waals surface area contributed by atoms with Gasteiger partial charge in [0.2, 0.25) is 0 Å². The van der Waals surface area contributed by atoms with Gasteiger partial charge in [0, 0.05) is 10.9 Å². The topological polar surface area (TPSA) is 20.2 Å². The van der Waals surface area contributed by atoms with E-state index < -0.39 is 6.10 Å². The fraction of sp³-hybridized carbons (Fsp3) is 0.200. The Hall–Kier alpha value is -1.12. The number of aliphatic hydroxyl groups is 1. The van der Waals surface area contributed by atoms with Crippen LogP contribution in [0.2, 0.25) is 0 Å². The fourth-order valence-electron chi connectivity index (χ4n) is 1.78. The maximum atomic E-state index is 10.2. The molecule has 0 heterocycles. The lowest BCUT2D eigenvalue weighted by Crippen LogP contribution is -2.02. The Morgan fingerprint density at radius 1 is 1.06 bits per heavy atom. The van der Waals surface area contributed by atoms with Gasteiger partial charge in [-0.05, 0) is 24.1 Å². The van der Waals surface area contributed by atoms with Gasteiger partial charge in [-0.1, -0.05) is 64.0 Å². The molecule has 0 aliphatic carbocycles. The van der Waals surface area contributed by atoms with Crippen LogP contribution in [0.25, 0.3) is 0 Å². The van der Waals surface area contributed by atoms with Crippen LogP contribution in [0.5, 0.6) is 0 Å². The lowest BCUT2D eigenvalue weighted by molar-refractivity contribution is 0.178. The summed E-state index contributed by atoms with van der Waals surface area (Å²) in [7, 11) is 0. The van der Waals surface area contributed by atoms with E-state index in [4.69, 9.17) is 0 Å². The van der Waals surface area contributed by atoms with Gasteiger partial charge in [-0.3, -0.25) is 0 Å². The molecule has 1 N–H and O–H groups in total. The first-order valence-electron chi connectivity index (χ1n) is 5.65. The minimum atomic E-state index is -0.450. The third kappa shape index (κ3) is 3.18. The minimum Gasteiger partial charge on any atom is -0.388 e. The Morgan fingerprint density at radius 2 is 1.71 bits per heavy atom. The first-order chi connectivity index (χ1) is 8.16. The van der Waals surface area contributed by atoms with Crippen molar-refractivity contribution in [2.45, 2.75) is 19.4 Å². The molecule has 1 nitrogen and oxygen atoms in total. The van der Waals surface area contributed by atoms with Crippen molar-refractivity contribution < 1.29 is 5.11 Å². The summed E-state index contributed by atoms with van der Waals surface area (Å²) in [6.07, 6.45) is 0.180. The molecule has 2 aromatic rings. The number of benzene rings is 2. The van der Waals surface area contributed by atoms with Crippen LogP contribution in [0.3, 0.4) is 0 Å². The molecular weight excluding hydrogens is 276 g/mol. The van der Waals surface area contributed by atoms with Crippen molar-refractivity contribution in [3.05, 3.63) is 69.7 Å². The SMILES string of the molecule is Cc1ccc(C(O)Cc2ccccc2Br)cc1. The molecule has 17 heavy (non-hydrogen) atoms. The van der Waals surface area contributed by atoms with Crippen LogP contribution in [0.1, 0.15) is 22.8 Å². The minimum absolute atomic E-state index is 0.450. The number of aliphatic hydroxyl groups excluding tert-OH is 1. The summed E-state index contributed by atoms with van der Waals surface area (Å²) < 4.78 is 1.05. The van der Waals surface area contributed by atoms with Crippen LogP contribution in [0, 0.1) is 6.92 Å². The number of aryl methyl sites for hydroxylation is 1. The van der Waals surface area contributed by atoms with Crippen molar-refractivity contribution in [2.75, 3.05) is 0 Å². The van der Waals surface area contributed by atoms with Gasteiger partial charge >= 0.3 is 0 Å². The number of hydrogen-bond donors (Lipinski definition) is 1. The van der Waals surface area contributed by atoms with Crippen LogP contribution in [-0.2, 0) is 6.42 Å². The summed E-state index contributed by atoms with van der Waals surface area (Å²) >= 11 is 3.50. The summed E-state index contributed by atoms with van der Waals surface area (Å²) in [5, 5.41) is 10.2. The highest BCUT2D eigenvalue weighted by Crippen LogP contribution is 2.23. The molecule has 0 aromatic heterocycles. The zero-order valence-electron chi connectivity index (χ0n) is 9.73. The molecule has 2 rings (SSSR count). The fourth-order valence-corrected chi connectivity index (χ4v) is 2.23. The Kier molecular flexibility index (Phi) is 3.97. The first-order valence-corrected chi connectivity index (χ1v) is 6.44. The lowest BCUT2D eigenvalue weighted by Gasteiger charge is -2.12. The van der Waals surface area contributed by atoms with Crippen molar-refractivity contribution >= 4 is 15.9 Å². The monoisotopic (exact) mass is 290 g/mol. The average Bonchev–Trinajstić information content (AvgIpc) is 2.33. The zero-order valence-corrected chi connectivity index (χ0v) is 11.3. The molecule has 0 saturated heterocycles. The zero-order chi connectivity index (χ0) is 12.3.